The monoisotopic (exact) mass is 629 g/mol. The molecule has 3 nitrogen and oxygen atoms in total. The molecule has 0 aliphatic heterocycles. The Kier molecular flexibility index (Phi) is 8.29. The number of aromatic nitrogens is 1. The Bertz CT molecular complexity index is 1420. The predicted molar refractivity (Wildman–Crippen MR) is 134 cm³/mol. The van der Waals surface area contributed by atoms with Crippen molar-refractivity contribution < 1.29 is 30.0 Å². The Morgan fingerprint density at radius 3 is 2.36 bits per heavy atom. The maximum atomic E-state index is 10.0. The van der Waals surface area contributed by atoms with Crippen LogP contribution in [0, 0.1) is 6.07 Å². The number of hydrogen-bond acceptors (Lipinski definition) is 4. The summed E-state index contributed by atoms with van der Waals surface area (Å²) in [5.74, 6) is -0.0625. The van der Waals surface area contributed by atoms with Crippen molar-refractivity contribution >= 4 is 38.0 Å². The van der Waals surface area contributed by atoms with Crippen LogP contribution in [-0.2, 0) is 24.9 Å². The number of allylic oxidation sites excluding steroid dienone is 2. The van der Waals surface area contributed by atoms with Gasteiger partial charge in [0.1, 0.15) is 0 Å². The number of aliphatic hydroxyl groups is 1. The van der Waals surface area contributed by atoms with E-state index < -0.39 is 0 Å². The van der Waals surface area contributed by atoms with Crippen molar-refractivity contribution in [2.24, 2.45) is 0 Å². The Balaban J connectivity index is 0.000000337. The van der Waals surface area contributed by atoms with E-state index in [1.165, 1.54) is 45.8 Å². The van der Waals surface area contributed by atoms with Crippen LogP contribution in [-0.4, -0.2) is 15.9 Å². The number of benzene rings is 3. The largest absolute Gasteiger partial charge is 0.512 e. The first-order valence-electron chi connectivity index (χ1n) is 10.2. The van der Waals surface area contributed by atoms with E-state index >= 15 is 0 Å². The Morgan fingerprint density at radius 2 is 1.67 bits per heavy atom. The zero-order valence-corrected chi connectivity index (χ0v) is 21.4. The standard InChI is InChI=1S/C23H14NS.C5H8O2.Ir/c1-2-7-17(8-3-1)21-15-20-12-13-24-22(23(20)25-21)19-11-10-16-6-4-5-9-18(16)14-19;1-4(6)3-5(2)7;/h1-13,15H;3,6H,1-2H3;/q-1;;/b;4-3-;. The molecule has 0 amide bonds. The Hall–Kier alpha value is -3.11. The number of fused-ring (bicyclic) bond motifs is 2. The van der Waals surface area contributed by atoms with Gasteiger partial charge in [-0.1, -0.05) is 59.5 Å². The average Bonchev–Trinajstić information content (AvgIpc) is 3.23. The smallest absolute Gasteiger partial charge is 0.155 e. The summed E-state index contributed by atoms with van der Waals surface area (Å²) in [7, 11) is 0. The summed E-state index contributed by atoms with van der Waals surface area (Å²) in [5, 5.41) is 11.9. The molecule has 5 rings (SSSR count). The quantitative estimate of drug-likeness (QED) is 0.127. The van der Waals surface area contributed by atoms with E-state index in [0.29, 0.717) is 0 Å². The molecule has 0 saturated carbocycles. The molecular weight excluding hydrogens is 607 g/mol. The van der Waals surface area contributed by atoms with E-state index in [1.807, 2.05) is 12.3 Å². The van der Waals surface area contributed by atoms with E-state index in [4.69, 9.17) is 5.11 Å². The minimum atomic E-state index is -0.125. The van der Waals surface area contributed by atoms with Gasteiger partial charge >= 0.3 is 0 Å². The van der Waals surface area contributed by atoms with Gasteiger partial charge in [-0.15, -0.1) is 41.0 Å². The van der Waals surface area contributed by atoms with Crippen molar-refractivity contribution in [1.29, 1.82) is 0 Å². The van der Waals surface area contributed by atoms with Crippen molar-refractivity contribution in [3.63, 3.8) is 0 Å². The third-order valence-electron chi connectivity index (χ3n) is 4.82. The number of aliphatic hydroxyl groups excluding tert-OH is 1. The normalized spacial score (nSPS) is 10.9. The van der Waals surface area contributed by atoms with Crippen LogP contribution in [0.3, 0.4) is 0 Å². The van der Waals surface area contributed by atoms with Crippen molar-refractivity contribution in [2.75, 3.05) is 0 Å². The Labute approximate surface area is 210 Å². The average molecular weight is 629 g/mol. The van der Waals surface area contributed by atoms with Gasteiger partial charge in [-0.05, 0) is 36.9 Å². The first kappa shape index (κ1) is 24.5. The number of thiophene rings is 1. The van der Waals surface area contributed by atoms with Crippen LogP contribution in [0.25, 0.3) is 42.6 Å². The van der Waals surface area contributed by atoms with Gasteiger partial charge in [0.25, 0.3) is 0 Å². The molecule has 0 bridgehead atoms. The molecular formula is C28H22IrNO2S-. The molecule has 167 valence electrons. The van der Waals surface area contributed by atoms with E-state index in [1.54, 1.807) is 11.3 Å². The summed E-state index contributed by atoms with van der Waals surface area (Å²) >= 11 is 1.79. The molecule has 5 heteroatoms. The van der Waals surface area contributed by atoms with Crippen LogP contribution >= 0.6 is 11.3 Å². The molecule has 33 heavy (non-hydrogen) atoms. The van der Waals surface area contributed by atoms with Gasteiger partial charge < -0.3 is 5.11 Å². The van der Waals surface area contributed by atoms with E-state index in [0.717, 1.165) is 16.6 Å². The molecule has 0 aliphatic rings. The topological polar surface area (TPSA) is 50.2 Å². The minimum absolute atomic E-state index is 0. The van der Waals surface area contributed by atoms with Gasteiger partial charge in [-0.3, -0.25) is 9.78 Å². The second-order valence-electron chi connectivity index (χ2n) is 7.41. The van der Waals surface area contributed by atoms with Gasteiger partial charge in [-0.2, -0.15) is 0 Å². The molecule has 1 N–H and O–H groups in total. The molecule has 0 spiro atoms. The number of carbonyl (C=O) groups excluding carboxylic acids is 1. The Morgan fingerprint density at radius 1 is 0.939 bits per heavy atom. The summed E-state index contributed by atoms with van der Waals surface area (Å²) in [5.41, 5.74) is 3.30. The van der Waals surface area contributed by atoms with Crippen molar-refractivity contribution in [2.45, 2.75) is 13.8 Å². The van der Waals surface area contributed by atoms with Gasteiger partial charge in [0, 0.05) is 47.6 Å². The second-order valence-corrected chi connectivity index (χ2v) is 8.46. The van der Waals surface area contributed by atoms with Crippen LogP contribution < -0.4 is 0 Å². The number of pyridine rings is 1. The molecule has 2 aromatic heterocycles. The molecule has 2 heterocycles. The van der Waals surface area contributed by atoms with Crippen LogP contribution in [0.2, 0.25) is 0 Å². The number of hydrogen-bond donors (Lipinski definition) is 1. The molecule has 0 saturated heterocycles. The van der Waals surface area contributed by atoms with E-state index in [9.17, 15) is 4.79 Å². The molecule has 5 aromatic rings. The fourth-order valence-electron chi connectivity index (χ4n) is 3.45. The molecule has 1 radical (unpaired) electrons. The fraction of sp³-hybridized carbons (Fsp3) is 0.0714. The molecule has 3 aromatic carbocycles. The van der Waals surface area contributed by atoms with Crippen molar-refractivity contribution in [1.82, 2.24) is 4.98 Å². The first-order valence-corrected chi connectivity index (χ1v) is 11.1. The summed E-state index contributed by atoms with van der Waals surface area (Å²) in [6.45, 7) is 2.85. The van der Waals surface area contributed by atoms with Crippen LogP contribution in [0.15, 0.2) is 96.9 Å². The SMILES string of the molecule is CC(=O)/C=C(/C)O.[Ir].[c-]1c(-c2nccc3cc(-c4ccccc4)sc23)ccc2ccccc12. The summed E-state index contributed by atoms with van der Waals surface area (Å²) < 4.78 is 1.22. The third-order valence-corrected chi connectivity index (χ3v) is 6.03. The zero-order chi connectivity index (χ0) is 22.5. The summed E-state index contributed by atoms with van der Waals surface area (Å²) in [6, 6.07) is 31.0. The fourth-order valence-corrected chi connectivity index (χ4v) is 4.61. The van der Waals surface area contributed by atoms with Gasteiger partial charge in [0.05, 0.1) is 5.76 Å². The van der Waals surface area contributed by atoms with Crippen LogP contribution in [0.4, 0.5) is 0 Å². The first-order chi connectivity index (χ1) is 15.5. The van der Waals surface area contributed by atoms with Crippen molar-refractivity contribution in [3.05, 3.63) is 103 Å². The second kappa shape index (κ2) is 11.2. The van der Waals surface area contributed by atoms with E-state index in [-0.39, 0.29) is 31.6 Å². The number of ketones is 1. The maximum Gasteiger partial charge on any atom is 0.155 e. The number of nitrogens with zero attached hydrogens (tertiary/aromatic N) is 1. The van der Waals surface area contributed by atoms with E-state index in [2.05, 4.69) is 83.8 Å². The van der Waals surface area contributed by atoms with Crippen LogP contribution in [0.5, 0.6) is 0 Å². The maximum absolute atomic E-state index is 10.0. The van der Waals surface area contributed by atoms with Crippen LogP contribution in [0.1, 0.15) is 13.8 Å². The van der Waals surface area contributed by atoms with Gasteiger partial charge in [0.2, 0.25) is 0 Å². The van der Waals surface area contributed by atoms with Gasteiger partial charge in [0.15, 0.2) is 5.78 Å². The number of rotatable bonds is 3. The summed E-state index contributed by atoms with van der Waals surface area (Å²) in [6.07, 6.45) is 3.06. The summed E-state index contributed by atoms with van der Waals surface area (Å²) in [4.78, 5) is 16.0. The third kappa shape index (κ3) is 6.02. The number of carbonyl (C=O) groups is 1. The zero-order valence-electron chi connectivity index (χ0n) is 18.2. The molecule has 0 aliphatic carbocycles. The molecule has 0 fully saturated rings. The minimum Gasteiger partial charge on any atom is -0.512 e. The predicted octanol–water partition coefficient (Wildman–Crippen LogP) is 7.62. The molecule has 0 atom stereocenters. The molecule has 0 unspecified atom stereocenters. The van der Waals surface area contributed by atoms with Crippen molar-refractivity contribution in [3.8, 4) is 21.7 Å². The van der Waals surface area contributed by atoms with Gasteiger partial charge in [-0.25, -0.2) is 0 Å².